The van der Waals surface area contributed by atoms with Crippen molar-refractivity contribution in [3.63, 3.8) is 0 Å². The number of nitrogens with zero attached hydrogens (tertiary/aromatic N) is 7. The number of hydrogen-bond donors (Lipinski definition) is 0. The van der Waals surface area contributed by atoms with Crippen LogP contribution in [-0.4, -0.2) is 68.0 Å². The lowest BCUT2D eigenvalue weighted by molar-refractivity contribution is 0.160. The molecule has 2 aromatic heterocycles. The van der Waals surface area contributed by atoms with Crippen molar-refractivity contribution < 1.29 is 4.74 Å². The lowest BCUT2D eigenvalue weighted by atomic mass is 9.94. The standard InChI is InChI=1S/C27H37N7O/c1-18(2)34-27(28-19(3)30-34)22-17-32-14-15-35-25-16-20(10-11-21(25)26(32)29-22)33-13-7-9-24(33)23-8-5-6-12-31(23)4/h10-11,16-18,23-24H,5-9,12-15H2,1-4H3. The Morgan fingerprint density at radius 2 is 1.83 bits per heavy atom. The number of benzene rings is 1. The Morgan fingerprint density at radius 3 is 2.66 bits per heavy atom. The van der Waals surface area contributed by atoms with E-state index in [0.29, 0.717) is 18.7 Å². The number of likely N-dealkylation sites (N-methyl/N-ethyl adjacent to an activating group) is 1. The molecule has 0 aliphatic carbocycles. The van der Waals surface area contributed by atoms with Gasteiger partial charge < -0.3 is 19.1 Å². The van der Waals surface area contributed by atoms with Crippen molar-refractivity contribution in [2.24, 2.45) is 0 Å². The first-order valence-corrected chi connectivity index (χ1v) is 13.2. The van der Waals surface area contributed by atoms with E-state index in [9.17, 15) is 0 Å². The second-order valence-corrected chi connectivity index (χ2v) is 10.6. The minimum absolute atomic E-state index is 0.225. The molecule has 8 heteroatoms. The van der Waals surface area contributed by atoms with Crippen molar-refractivity contribution in [1.82, 2.24) is 29.2 Å². The maximum absolute atomic E-state index is 6.27. The normalized spacial score (nSPS) is 22.7. The van der Waals surface area contributed by atoms with Crippen LogP contribution in [0, 0.1) is 6.92 Å². The molecule has 2 unspecified atom stereocenters. The van der Waals surface area contributed by atoms with E-state index in [1.165, 1.54) is 44.3 Å². The molecular weight excluding hydrogens is 438 g/mol. The van der Waals surface area contributed by atoms with E-state index >= 15 is 0 Å². The number of fused-ring (bicyclic) bond motifs is 3. The zero-order chi connectivity index (χ0) is 24.1. The molecule has 5 heterocycles. The molecule has 3 aliphatic rings. The Hall–Kier alpha value is -2.87. The summed E-state index contributed by atoms with van der Waals surface area (Å²) in [6.07, 6.45) is 8.61. The highest BCUT2D eigenvalue weighted by Crippen LogP contribution is 2.39. The topological polar surface area (TPSA) is 64.2 Å². The van der Waals surface area contributed by atoms with Crippen LogP contribution in [0.3, 0.4) is 0 Å². The third-order valence-corrected chi connectivity index (χ3v) is 7.93. The van der Waals surface area contributed by atoms with Gasteiger partial charge in [-0.1, -0.05) is 6.42 Å². The van der Waals surface area contributed by atoms with Crippen molar-refractivity contribution in [2.75, 3.05) is 31.6 Å². The van der Waals surface area contributed by atoms with Crippen LogP contribution >= 0.6 is 0 Å². The van der Waals surface area contributed by atoms with Crippen LogP contribution in [0.1, 0.15) is 57.8 Å². The molecule has 0 bridgehead atoms. The van der Waals surface area contributed by atoms with Gasteiger partial charge in [0.15, 0.2) is 5.82 Å². The summed E-state index contributed by atoms with van der Waals surface area (Å²) in [5.74, 6) is 3.48. The lowest BCUT2D eigenvalue weighted by Crippen LogP contribution is -2.50. The zero-order valence-electron chi connectivity index (χ0n) is 21.4. The molecule has 2 saturated heterocycles. The molecule has 3 aromatic rings. The first kappa shape index (κ1) is 22.6. The lowest BCUT2D eigenvalue weighted by Gasteiger charge is -2.41. The molecule has 0 N–H and O–H groups in total. The molecule has 2 atom stereocenters. The molecule has 0 radical (unpaired) electrons. The van der Waals surface area contributed by atoms with Gasteiger partial charge in [0.2, 0.25) is 0 Å². The number of ether oxygens (including phenoxy) is 1. The number of piperidine rings is 1. The quantitative estimate of drug-likeness (QED) is 0.552. The van der Waals surface area contributed by atoms with Gasteiger partial charge in [0.05, 0.1) is 12.1 Å². The minimum atomic E-state index is 0.225. The minimum Gasteiger partial charge on any atom is -0.491 e. The summed E-state index contributed by atoms with van der Waals surface area (Å²) in [5, 5.41) is 4.58. The third kappa shape index (κ3) is 4.01. The summed E-state index contributed by atoms with van der Waals surface area (Å²) < 4.78 is 10.4. The smallest absolute Gasteiger partial charge is 0.178 e. The van der Waals surface area contributed by atoms with Crippen LogP contribution in [0.4, 0.5) is 5.69 Å². The van der Waals surface area contributed by atoms with Crippen LogP contribution in [0.2, 0.25) is 0 Å². The number of anilines is 1. The average Bonchev–Trinajstić information content (AvgIpc) is 3.56. The van der Waals surface area contributed by atoms with Crippen molar-refractivity contribution in [3.05, 3.63) is 30.2 Å². The average molecular weight is 476 g/mol. The number of aryl methyl sites for hydroxylation is 1. The molecule has 35 heavy (non-hydrogen) atoms. The van der Waals surface area contributed by atoms with Crippen LogP contribution in [0.15, 0.2) is 24.4 Å². The van der Waals surface area contributed by atoms with Crippen molar-refractivity contribution in [1.29, 1.82) is 0 Å². The molecule has 3 aliphatic heterocycles. The molecule has 0 amide bonds. The molecule has 1 aromatic carbocycles. The first-order valence-electron chi connectivity index (χ1n) is 13.2. The maximum atomic E-state index is 6.27. The van der Waals surface area contributed by atoms with Crippen LogP contribution in [0.5, 0.6) is 5.75 Å². The highest BCUT2D eigenvalue weighted by atomic mass is 16.5. The fourth-order valence-electron chi connectivity index (χ4n) is 6.22. The van der Waals surface area contributed by atoms with E-state index in [2.05, 4.69) is 69.7 Å². The Bertz CT molecular complexity index is 1210. The van der Waals surface area contributed by atoms with E-state index < -0.39 is 0 Å². The van der Waals surface area contributed by atoms with Gasteiger partial charge in [0.1, 0.15) is 29.7 Å². The summed E-state index contributed by atoms with van der Waals surface area (Å²) >= 11 is 0. The van der Waals surface area contributed by atoms with Gasteiger partial charge in [0, 0.05) is 42.6 Å². The summed E-state index contributed by atoms with van der Waals surface area (Å²) in [4.78, 5) is 14.9. The van der Waals surface area contributed by atoms with Gasteiger partial charge >= 0.3 is 0 Å². The fraction of sp³-hybridized carbons (Fsp3) is 0.593. The van der Waals surface area contributed by atoms with Crippen LogP contribution in [0.25, 0.3) is 22.9 Å². The number of rotatable bonds is 4. The largest absolute Gasteiger partial charge is 0.491 e. The van der Waals surface area contributed by atoms with E-state index in [4.69, 9.17) is 9.72 Å². The van der Waals surface area contributed by atoms with Gasteiger partial charge in [-0.25, -0.2) is 14.6 Å². The molecule has 0 spiro atoms. The van der Waals surface area contributed by atoms with E-state index in [1.54, 1.807) is 0 Å². The highest BCUT2D eigenvalue weighted by molar-refractivity contribution is 5.72. The number of likely N-dealkylation sites (tertiary alicyclic amines) is 1. The summed E-state index contributed by atoms with van der Waals surface area (Å²) in [6, 6.07) is 8.19. The monoisotopic (exact) mass is 475 g/mol. The molecule has 0 saturated carbocycles. The van der Waals surface area contributed by atoms with Crippen molar-refractivity contribution in [3.8, 4) is 28.7 Å². The second kappa shape index (κ2) is 8.97. The van der Waals surface area contributed by atoms with Gasteiger partial charge in [-0.05, 0) is 72.2 Å². The van der Waals surface area contributed by atoms with Gasteiger partial charge in [0.25, 0.3) is 0 Å². The zero-order valence-corrected chi connectivity index (χ0v) is 21.4. The van der Waals surface area contributed by atoms with Gasteiger partial charge in [-0.15, -0.1) is 0 Å². The first-order chi connectivity index (χ1) is 17.0. The molecule has 2 fully saturated rings. The molecular formula is C27H37N7O. The Balaban J connectivity index is 1.33. The summed E-state index contributed by atoms with van der Waals surface area (Å²) in [7, 11) is 2.31. The molecule has 186 valence electrons. The predicted molar refractivity (Wildman–Crippen MR) is 138 cm³/mol. The summed E-state index contributed by atoms with van der Waals surface area (Å²) in [5.41, 5.74) is 3.20. The fourth-order valence-corrected chi connectivity index (χ4v) is 6.22. The van der Waals surface area contributed by atoms with E-state index in [0.717, 1.165) is 47.6 Å². The number of aromatic nitrogens is 5. The van der Waals surface area contributed by atoms with Crippen molar-refractivity contribution in [2.45, 2.75) is 77.5 Å². The van der Waals surface area contributed by atoms with E-state index in [-0.39, 0.29) is 6.04 Å². The molecule has 6 rings (SSSR count). The number of hydrogen-bond acceptors (Lipinski definition) is 6. The molecule has 8 nitrogen and oxygen atoms in total. The second-order valence-electron chi connectivity index (χ2n) is 10.6. The van der Waals surface area contributed by atoms with Crippen molar-refractivity contribution >= 4 is 5.69 Å². The predicted octanol–water partition coefficient (Wildman–Crippen LogP) is 4.54. The Kier molecular flexibility index (Phi) is 5.79. The van der Waals surface area contributed by atoms with E-state index in [1.807, 2.05) is 11.6 Å². The van der Waals surface area contributed by atoms with Gasteiger partial charge in [-0.3, -0.25) is 0 Å². The van der Waals surface area contributed by atoms with Crippen LogP contribution < -0.4 is 9.64 Å². The third-order valence-electron chi connectivity index (χ3n) is 7.93. The SMILES string of the molecule is Cc1nc(-c2cn3c(n2)-c2ccc(N4CCCC4C4CCCCN4C)cc2OCC3)n(C(C)C)n1. The number of imidazole rings is 1. The summed E-state index contributed by atoms with van der Waals surface area (Å²) in [6.45, 7) is 9.92. The van der Waals surface area contributed by atoms with Gasteiger partial charge in [-0.2, -0.15) is 5.10 Å². The Labute approximate surface area is 207 Å². The highest BCUT2D eigenvalue weighted by Gasteiger charge is 2.35. The Morgan fingerprint density at radius 1 is 0.971 bits per heavy atom. The van der Waals surface area contributed by atoms with Crippen LogP contribution in [-0.2, 0) is 6.54 Å². The maximum Gasteiger partial charge on any atom is 0.178 e.